The van der Waals surface area contributed by atoms with E-state index in [-0.39, 0.29) is 19.3 Å². The summed E-state index contributed by atoms with van der Waals surface area (Å²) in [4.78, 5) is 94.2. The van der Waals surface area contributed by atoms with Crippen LogP contribution in [0.5, 0.6) is 0 Å². The van der Waals surface area contributed by atoms with E-state index in [1.807, 2.05) is 95.6 Å². The van der Waals surface area contributed by atoms with Gasteiger partial charge >= 0.3 is 18.0 Å². The Hall–Kier alpha value is -7.04. The lowest BCUT2D eigenvalue weighted by atomic mass is 9.77. The molecule has 1 aromatic heterocycles. The molecule has 0 spiro atoms. The Morgan fingerprint density at radius 1 is 0.651 bits per heavy atom. The van der Waals surface area contributed by atoms with E-state index < -0.39 is 89.6 Å². The summed E-state index contributed by atoms with van der Waals surface area (Å²) in [5.41, 5.74) is 0.585. The van der Waals surface area contributed by atoms with Crippen molar-refractivity contribution in [2.75, 3.05) is 13.1 Å². The molecule has 4 aromatic rings. The number of ether oxygens (including phenoxy) is 2. The standard InChI is InChI=1S/C46H57N7O10/c1-30(40(58)51-35(23-24-39(57)62-44(2,3)4)41(59)48-26-37(54)47-27-38(55)56)50-42(60)36(52-43(61)63-45(5,6)7)25-34-28-53(29-49-34)46(31-17-11-8-12-18-31,32-19-13-9-14-20-32)33-21-15-10-16-22-33/h8-22,28-30,35-36H,23-27H2,1-7H3,(H,47,54)(H,48,59)(H,50,60)(H,51,58)(H,52,61)(H,55,56)/t30-,35-,36-/m0/s1. The van der Waals surface area contributed by atoms with Crippen molar-refractivity contribution in [1.82, 2.24) is 36.1 Å². The first-order chi connectivity index (χ1) is 29.7. The van der Waals surface area contributed by atoms with Crippen molar-refractivity contribution in [2.24, 2.45) is 0 Å². The lowest BCUT2D eigenvalue weighted by molar-refractivity contribution is -0.155. The van der Waals surface area contributed by atoms with E-state index in [2.05, 4.69) is 26.6 Å². The van der Waals surface area contributed by atoms with Crippen LogP contribution in [0.3, 0.4) is 0 Å². The highest BCUT2D eigenvalue weighted by atomic mass is 16.6. The van der Waals surface area contributed by atoms with Crippen LogP contribution in [0.1, 0.15) is 83.7 Å². The van der Waals surface area contributed by atoms with E-state index in [0.29, 0.717) is 5.69 Å². The number of aromatic nitrogens is 2. The molecule has 63 heavy (non-hydrogen) atoms. The molecule has 0 unspecified atom stereocenters. The molecule has 0 saturated carbocycles. The molecule has 0 saturated heterocycles. The summed E-state index contributed by atoms with van der Waals surface area (Å²) in [5, 5.41) is 21.0. The fraction of sp³-hybridized carbons (Fsp3) is 0.391. The number of hydrogen-bond acceptors (Lipinski definition) is 10. The molecule has 5 amide bonds. The monoisotopic (exact) mass is 867 g/mol. The minimum absolute atomic E-state index is 0.133. The van der Waals surface area contributed by atoms with E-state index in [0.717, 1.165) is 16.7 Å². The van der Waals surface area contributed by atoms with E-state index in [4.69, 9.17) is 19.6 Å². The molecule has 1 heterocycles. The number of alkyl carbamates (subject to hydrolysis) is 1. The molecule has 0 bridgehead atoms. The molecule has 336 valence electrons. The van der Waals surface area contributed by atoms with Crippen LogP contribution in [0, 0.1) is 0 Å². The molecule has 0 aliphatic heterocycles. The van der Waals surface area contributed by atoms with Crippen LogP contribution in [-0.4, -0.2) is 98.7 Å². The molecular weight excluding hydrogens is 811 g/mol. The van der Waals surface area contributed by atoms with Crippen molar-refractivity contribution in [2.45, 2.75) is 103 Å². The summed E-state index contributed by atoms with van der Waals surface area (Å²) in [6.07, 6.45) is 1.90. The second-order valence-corrected chi connectivity index (χ2v) is 16.8. The Bertz CT molecular complexity index is 2100. The number of hydrogen-bond donors (Lipinski definition) is 6. The van der Waals surface area contributed by atoms with Gasteiger partial charge in [-0.2, -0.15) is 0 Å². The number of carbonyl (C=O) groups is 7. The van der Waals surface area contributed by atoms with Gasteiger partial charge in [0.2, 0.25) is 23.6 Å². The van der Waals surface area contributed by atoms with E-state index >= 15 is 0 Å². The number of nitrogens with one attached hydrogen (secondary N) is 5. The van der Waals surface area contributed by atoms with Gasteiger partial charge in [-0.25, -0.2) is 9.78 Å². The van der Waals surface area contributed by atoms with Gasteiger partial charge in [-0.3, -0.25) is 28.8 Å². The van der Waals surface area contributed by atoms with Gasteiger partial charge in [-0.05, 0) is 71.6 Å². The van der Waals surface area contributed by atoms with Gasteiger partial charge in [0.05, 0.1) is 18.6 Å². The third kappa shape index (κ3) is 14.5. The van der Waals surface area contributed by atoms with E-state index in [9.17, 15) is 33.6 Å². The molecule has 0 aliphatic rings. The average molecular weight is 868 g/mol. The SMILES string of the molecule is C[C@H](NC(=O)[C@H](Cc1cn(C(c2ccccc2)(c2ccccc2)c2ccccc2)cn1)NC(=O)OC(C)(C)C)C(=O)N[C@@H](CCC(=O)OC(C)(C)C)C(=O)NCC(=O)NCC(=O)O. The molecule has 0 radical (unpaired) electrons. The van der Waals surface area contributed by atoms with Gasteiger partial charge < -0.3 is 45.7 Å². The Kier molecular flexibility index (Phi) is 16.7. The van der Waals surface area contributed by atoms with Crippen molar-refractivity contribution < 1.29 is 48.1 Å². The van der Waals surface area contributed by atoms with Gasteiger partial charge in [-0.1, -0.05) is 91.0 Å². The number of imidazole rings is 1. The maximum Gasteiger partial charge on any atom is 0.408 e. The van der Waals surface area contributed by atoms with Crippen LogP contribution in [0.15, 0.2) is 104 Å². The smallest absolute Gasteiger partial charge is 0.408 e. The van der Waals surface area contributed by atoms with E-state index in [1.54, 1.807) is 54.1 Å². The Morgan fingerprint density at radius 3 is 1.67 bits per heavy atom. The van der Waals surface area contributed by atoms with Crippen LogP contribution in [0.25, 0.3) is 0 Å². The quantitative estimate of drug-likeness (QED) is 0.0589. The number of rotatable bonds is 19. The largest absolute Gasteiger partial charge is 0.480 e. The number of aliphatic carboxylic acids is 1. The number of esters is 1. The zero-order valence-electron chi connectivity index (χ0n) is 36.6. The van der Waals surface area contributed by atoms with Gasteiger partial charge in [-0.15, -0.1) is 0 Å². The molecule has 17 heteroatoms. The van der Waals surface area contributed by atoms with Crippen LogP contribution in [0.2, 0.25) is 0 Å². The molecule has 6 N–H and O–H groups in total. The Morgan fingerprint density at radius 2 is 1.17 bits per heavy atom. The minimum Gasteiger partial charge on any atom is -0.480 e. The number of carboxylic acids is 1. The minimum atomic E-state index is -1.38. The second kappa shape index (κ2) is 21.7. The third-order valence-electron chi connectivity index (χ3n) is 9.32. The molecule has 3 aromatic carbocycles. The average Bonchev–Trinajstić information content (AvgIpc) is 3.69. The highest BCUT2D eigenvalue weighted by Crippen LogP contribution is 2.40. The van der Waals surface area contributed by atoms with Crippen molar-refractivity contribution in [3.05, 3.63) is 126 Å². The van der Waals surface area contributed by atoms with Crippen LogP contribution < -0.4 is 26.6 Å². The van der Waals surface area contributed by atoms with Gasteiger partial charge in [0.25, 0.3) is 0 Å². The fourth-order valence-corrected chi connectivity index (χ4v) is 6.63. The normalized spacial score (nSPS) is 13.0. The Balaban J connectivity index is 1.61. The lowest BCUT2D eigenvalue weighted by Crippen LogP contribution is -2.57. The first-order valence-electron chi connectivity index (χ1n) is 20.5. The van der Waals surface area contributed by atoms with Crippen molar-refractivity contribution in [1.29, 1.82) is 0 Å². The maximum absolute atomic E-state index is 14.1. The summed E-state index contributed by atoms with van der Waals surface area (Å²) >= 11 is 0. The topological polar surface area (TPSA) is 236 Å². The summed E-state index contributed by atoms with van der Waals surface area (Å²) in [6.45, 7) is 10.1. The number of nitrogens with zero attached hydrogens (tertiary/aromatic N) is 2. The molecule has 0 aliphatic carbocycles. The highest BCUT2D eigenvalue weighted by Gasteiger charge is 2.39. The predicted octanol–water partition coefficient (Wildman–Crippen LogP) is 3.59. The molecular formula is C46H57N7O10. The van der Waals surface area contributed by atoms with Crippen LogP contribution >= 0.6 is 0 Å². The van der Waals surface area contributed by atoms with Crippen molar-refractivity contribution in [3.63, 3.8) is 0 Å². The fourth-order valence-electron chi connectivity index (χ4n) is 6.63. The molecule has 0 fully saturated rings. The predicted molar refractivity (Wildman–Crippen MR) is 232 cm³/mol. The molecule has 3 atom stereocenters. The third-order valence-corrected chi connectivity index (χ3v) is 9.32. The summed E-state index contributed by atoms with van der Waals surface area (Å²) in [6, 6.07) is 25.7. The van der Waals surface area contributed by atoms with Crippen molar-refractivity contribution >= 4 is 41.7 Å². The number of carbonyl (C=O) groups excluding carboxylic acids is 6. The summed E-state index contributed by atoms with van der Waals surface area (Å²) in [5.74, 6) is -5.20. The number of amides is 5. The summed E-state index contributed by atoms with van der Waals surface area (Å²) < 4.78 is 12.8. The molecule has 17 nitrogen and oxygen atoms in total. The lowest BCUT2D eigenvalue weighted by Gasteiger charge is -2.37. The first-order valence-corrected chi connectivity index (χ1v) is 20.5. The zero-order valence-corrected chi connectivity index (χ0v) is 36.6. The number of benzene rings is 3. The van der Waals surface area contributed by atoms with Gasteiger partial charge in [0.15, 0.2) is 0 Å². The van der Waals surface area contributed by atoms with Gasteiger partial charge in [0.1, 0.15) is 41.4 Å². The van der Waals surface area contributed by atoms with E-state index in [1.165, 1.54) is 6.92 Å². The van der Waals surface area contributed by atoms with Crippen molar-refractivity contribution in [3.8, 4) is 0 Å². The Labute approximate surface area is 366 Å². The van der Waals surface area contributed by atoms with Gasteiger partial charge in [0, 0.05) is 19.0 Å². The van der Waals surface area contributed by atoms with Crippen LogP contribution in [0.4, 0.5) is 4.79 Å². The zero-order chi connectivity index (χ0) is 46.4. The number of carboxylic acid groups (broad SMARTS) is 1. The first kappa shape index (κ1) is 48.6. The second-order valence-electron chi connectivity index (χ2n) is 16.8. The highest BCUT2D eigenvalue weighted by molar-refractivity contribution is 5.95. The summed E-state index contributed by atoms with van der Waals surface area (Å²) in [7, 11) is 0. The maximum atomic E-state index is 14.1. The molecule has 4 rings (SSSR count). The van der Waals surface area contributed by atoms with Crippen LogP contribution in [-0.2, 0) is 50.2 Å².